The van der Waals surface area contributed by atoms with Gasteiger partial charge in [0.1, 0.15) is 18.3 Å². The van der Waals surface area contributed by atoms with Gasteiger partial charge in [-0.15, -0.1) is 11.6 Å². The fourth-order valence-corrected chi connectivity index (χ4v) is 7.00. The van der Waals surface area contributed by atoms with Gasteiger partial charge in [-0.05, 0) is 12.5 Å². The van der Waals surface area contributed by atoms with Gasteiger partial charge in [0, 0.05) is 37.5 Å². The average Bonchev–Trinajstić information content (AvgIpc) is 3.54. The van der Waals surface area contributed by atoms with Crippen LogP contribution < -0.4 is 0 Å². The summed E-state index contributed by atoms with van der Waals surface area (Å²) in [6.07, 6.45) is -7.42. The molecule has 0 aromatic carbocycles. The van der Waals surface area contributed by atoms with Crippen molar-refractivity contribution in [2.24, 2.45) is 23.2 Å². The van der Waals surface area contributed by atoms with E-state index in [4.69, 9.17) is 30.5 Å². The van der Waals surface area contributed by atoms with E-state index in [2.05, 4.69) is 6.58 Å². The SMILES string of the molecule is C=C1[C@@H](O)C[C@H](O)[C@]2(C)[C@H]([C@@H](C)[C@@H](OC(C)=O)[C@@H]3O[C@@H]32)[C@H](OC(C)=O)[C@]2(O)[C@@H](C)C(=O)O[C@H]2[C@H]1Cl. The van der Waals surface area contributed by atoms with Crippen molar-refractivity contribution in [3.63, 3.8) is 0 Å². The molecule has 3 N–H and O–H groups in total. The third-order valence-corrected chi connectivity index (χ3v) is 9.11. The van der Waals surface area contributed by atoms with E-state index in [1.807, 2.05) is 0 Å². The number of ether oxygens (including phenoxy) is 4. The summed E-state index contributed by atoms with van der Waals surface area (Å²) in [4.78, 5) is 37.0. The first kappa shape index (κ1) is 26.3. The molecule has 0 aromatic rings. The predicted molar refractivity (Wildman–Crippen MR) is 120 cm³/mol. The van der Waals surface area contributed by atoms with Gasteiger partial charge < -0.3 is 34.3 Å². The lowest BCUT2D eigenvalue weighted by Crippen LogP contribution is -2.68. The third-order valence-electron chi connectivity index (χ3n) is 8.60. The minimum atomic E-state index is -2.16. The third kappa shape index (κ3) is 3.80. The van der Waals surface area contributed by atoms with Gasteiger partial charge in [0.2, 0.25) is 0 Å². The number of aliphatic hydroxyl groups excluding tert-OH is 2. The molecule has 4 fully saturated rings. The van der Waals surface area contributed by atoms with Crippen molar-refractivity contribution in [1.82, 2.24) is 0 Å². The lowest BCUT2D eigenvalue weighted by molar-refractivity contribution is -0.225. The Morgan fingerprint density at radius 1 is 1.14 bits per heavy atom. The van der Waals surface area contributed by atoms with Crippen LogP contribution in [0.5, 0.6) is 0 Å². The predicted octanol–water partition coefficient (Wildman–Crippen LogP) is 0.471. The van der Waals surface area contributed by atoms with Gasteiger partial charge >= 0.3 is 17.9 Å². The highest BCUT2D eigenvalue weighted by molar-refractivity contribution is 6.23. The topological polar surface area (TPSA) is 152 Å². The van der Waals surface area contributed by atoms with E-state index in [-0.39, 0.29) is 12.0 Å². The van der Waals surface area contributed by atoms with Crippen LogP contribution in [-0.4, -0.2) is 86.9 Å². The molecule has 196 valence electrons. The Kier molecular flexibility index (Phi) is 6.54. The van der Waals surface area contributed by atoms with Crippen molar-refractivity contribution >= 4 is 29.5 Å². The number of epoxide rings is 1. The van der Waals surface area contributed by atoms with Crippen molar-refractivity contribution in [3.05, 3.63) is 12.2 Å². The molecule has 4 aliphatic rings. The second-order valence-corrected chi connectivity index (χ2v) is 11.1. The van der Waals surface area contributed by atoms with Crippen LogP contribution in [0.2, 0.25) is 0 Å². The molecule has 2 aliphatic carbocycles. The molecule has 0 amide bonds. The highest BCUT2D eigenvalue weighted by Gasteiger charge is 2.75. The summed E-state index contributed by atoms with van der Waals surface area (Å²) in [5.41, 5.74) is -3.29. The first-order chi connectivity index (χ1) is 16.2. The molecule has 10 nitrogen and oxygen atoms in total. The number of hydrogen-bond acceptors (Lipinski definition) is 10. The van der Waals surface area contributed by atoms with E-state index in [1.165, 1.54) is 20.8 Å². The monoisotopic (exact) mass is 516 g/mol. The fraction of sp³-hybridized carbons (Fsp3) is 0.792. The molecular formula is C24H33ClO10. The van der Waals surface area contributed by atoms with E-state index < -0.39 is 94.8 Å². The molecule has 35 heavy (non-hydrogen) atoms. The van der Waals surface area contributed by atoms with E-state index >= 15 is 0 Å². The number of fused-ring (bicyclic) bond motifs is 4. The molecule has 0 spiro atoms. The molecule has 11 heteroatoms. The fourth-order valence-electron chi connectivity index (χ4n) is 6.60. The standard InChI is InChI=1S/C24H33ClO10/c1-8-13(28)7-14(29)23(6)15(9(2)17(32-11(4)26)18-21(23)34-18)19(33-12(5)27)24(31)10(3)22(30)35-20(24)16(8)25/h9-10,13-21,28-29,31H,1,7H2,2-6H3/t9-,10+,13+,14+,15-,16+,17-,18+,19+,20+,21+,23-,24-/m1/s1. The van der Waals surface area contributed by atoms with Gasteiger partial charge in [-0.3, -0.25) is 14.4 Å². The zero-order chi connectivity index (χ0) is 26.2. The Bertz CT molecular complexity index is 939. The highest BCUT2D eigenvalue weighted by Crippen LogP contribution is 2.61. The van der Waals surface area contributed by atoms with Gasteiger partial charge in [-0.25, -0.2) is 0 Å². The van der Waals surface area contributed by atoms with Crippen LogP contribution in [0.4, 0.5) is 0 Å². The van der Waals surface area contributed by atoms with Gasteiger partial charge in [-0.2, -0.15) is 0 Å². The number of esters is 3. The van der Waals surface area contributed by atoms with Crippen molar-refractivity contribution in [2.45, 2.75) is 94.7 Å². The Labute approximate surface area is 208 Å². The molecule has 13 atom stereocenters. The molecule has 2 aliphatic heterocycles. The smallest absolute Gasteiger partial charge is 0.312 e. The van der Waals surface area contributed by atoms with Crippen LogP contribution in [0.3, 0.4) is 0 Å². The summed E-state index contributed by atoms with van der Waals surface area (Å²) < 4.78 is 22.7. The highest BCUT2D eigenvalue weighted by atomic mass is 35.5. The number of alkyl halides is 1. The minimum absolute atomic E-state index is 0.0505. The number of aliphatic hydroxyl groups is 3. The van der Waals surface area contributed by atoms with Gasteiger partial charge in [0.25, 0.3) is 0 Å². The second-order valence-electron chi connectivity index (χ2n) is 10.6. The van der Waals surface area contributed by atoms with Crippen molar-refractivity contribution in [2.75, 3.05) is 0 Å². The van der Waals surface area contributed by atoms with E-state index in [0.717, 1.165) is 0 Å². The molecule has 2 saturated carbocycles. The van der Waals surface area contributed by atoms with Gasteiger partial charge in [-0.1, -0.05) is 20.4 Å². The zero-order valence-corrected chi connectivity index (χ0v) is 21.1. The van der Waals surface area contributed by atoms with Gasteiger partial charge in [0.05, 0.1) is 29.6 Å². The Morgan fingerprint density at radius 3 is 2.31 bits per heavy atom. The number of hydrogen-bond donors (Lipinski definition) is 3. The normalized spacial score (nSPS) is 51.3. The summed E-state index contributed by atoms with van der Waals surface area (Å²) in [6.45, 7) is 11.2. The second kappa shape index (κ2) is 8.69. The Balaban J connectivity index is 1.95. The van der Waals surface area contributed by atoms with Crippen LogP contribution in [0, 0.1) is 23.2 Å². The van der Waals surface area contributed by atoms with Crippen LogP contribution in [0.1, 0.15) is 41.0 Å². The molecule has 0 bridgehead atoms. The van der Waals surface area contributed by atoms with Crippen LogP contribution >= 0.6 is 11.6 Å². The molecule has 2 heterocycles. The zero-order valence-electron chi connectivity index (χ0n) is 20.3. The van der Waals surface area contributed by atoms with Crippen molar-refractivity contribution < 1.29 is 48.7 Å². The summed E-state index contributed by atoms with van der Waals surface area (Å²) in [6, 6.07) is 0. The van der Waals surface area contributed by atoms with Crippen LogP contribution in [-0.2, 0) is 33.3 Å². The van der Waals surface area contributed by atoms with E-state index in [0.29, 0.717) is 0 Å². The van der Waals surface area contributed by atoms with Crippen molar-refractivity contribution in [1.29, 1.82) is 0 Å². The minimum Gasteiger partial charge on any atom is -0.459 e. The number of carbonyl (C=O) groups excluding carboxylic acids is 3. The maximum atomic E-state index is 12.8. The molecule has 0 unspecified atom stereocenters. The number of rotatable bonds is 2. The molecule has 0 radical (unpaired) electrons. The quantitative estimate of drug-likeness (QED) is 0.155. The first-order valence-electron chi connectivity index (χ1n) is 11.8. The summed E-state index contributed by atoms with van der Waals surface area (Å²) in [5.74, 6) is -4.71. The Morgan fingerprint density at radius 2 is 1.74 bits per heavy atom. The molecule has 4 rings (SSSR count). The number of carbonyl (C=O) groups is 3. The molecule has 2 saturated heterocycles. The lowest BCUT2D eigenvalue weighted by Gasteiger charge is -2.55. The largest absolute Gasteiger partial charge is 0.459 e. The van der Waals surface area contributed by atoms with Crippen molar-refractivity contribution in [3.8, 4) is 0 Å². The van der Waals surface area contributed by atoms with E-state index in [9.17, 15) is 29.7 Å². The summed E-state index contributed by atoms with van der Waals surface area (Å²) in [5, 5.41) is 33.3. The summed E-state index contributed by atoms with van der Waals surface area (Å²) >= 11 is 6.60. The number of halogens is 1. The molecule has 0 aromatic heterocycles. The first-order valence-corrected chi connectivity index (χ1v) is 12.2. The Hall–Kier alpha value is -1.72. The van der Waals surface area contributed by atoms with Crippen LogP contribution in [0.25, 0.3) is 0 Å². The van der Waals surface area contributed by atoms with Crippen LogP contribution in [0.15, 0.2) is 12.2 Å². The molecular weight excluding hydrogens is 484 g/mol. The van der Waals surface area contributed by atoms with Gasteiger partial charge in [0.15, 0.2) is 11.7 Å². The maximum Gasteiger partial charge on any atom is 0.312 e. The summed E-state index contributed by atoms with van der Waals surface area (Å²) in [7, 11) is 0. The average molecular weight is 517 g/mol. The maximum absolute atomic E-state index is 12.8. The van der Waals surface area contributed by atoms with E-state index in [1.54, 1.807) is 13.8 Å². The lowest BCUT2D eigenvalue weighted by atomic mass is 9.53.